The van der Waals surface area contributed by atoms with Crippen molar-refractivity contribution in [2.75, 3.05) is 20.4 Å². The monoisotopic (exact) mass is 333 g/mol. The van der Waals surface area contributed by atoms with Gasteiger partial charge in [0.2, 0.25) is 0 Å². The number of carbonyl (C=O) groups is 1. The molecule has 1 aromatic heterocycles. The molecule has 24 heavy (non-hydrogen) atoms. The van der Waals surface area contributed by atoms with Crippen LogP contribution in [0.25, 0.3) is 10.9 Å². The third-order valence-corrected chi connectivity index (χ3v) is 3.74. The van der Waals surface area contributed by atoms with E-state index in [-0.39, 0.29) is 14.1 Å². The lowest BCUT2D eigenvalue weighted by atomic mass is 10.1. The quantitative estimate of drug-likeness (QED) is 0.562. The fourth-order valence-electron chi connectivity index (χ4n) is 2.44. The number of fused-ring (bicyclic) bond motifs is 1. The number of carbonyl (C=O) groups excluding carboxylic acids is 1. The number of amides is 1. The van der Waals surface area contributed by atoms with Gasteiger partial charge in [-0.1, -0.05) is 26.2 Å². The summed E-state index contributed by atoms with van der Waals surface area (Å²) in [5, 5.41) is 11.8. The number of ether oxygens (including phenoxy) is 2. The predicted octanol–water partition coefficient (Wildman–Crippen LogP) is 3.48. The van der Waals surface area contributed by atoms with E-state index in [0.29, 0.717) is 23.4 Å². The minimum Gasteiger partial charge on any atom is -0.494 e. The second kappa shape index (κ2) is 9.17. The Balaban J connectivity index is 0.00000312. The molecule has 0 bridgehead atoms. The Morgan fingerprint density at radius 2 is 2.04 bits per heavy atom. The van der Waals surface area contributed by atoms with Crippen LogP contribution in [0.15, 0.2) is 18.2 Å². The van der Waals surface area contributed by atoms with Crippen LogP contribution < -0.4 is 10.1 Å². The van der Waals surface area contributed by atoms with Gasteiger partial charge in [0, 0.05) is 19.0 Å². The van der Waals surface area contributed by atoms with Crippen LogP contribution in [0.1, 0.15) is 50.1 Å². The molecule has 0 atom stereocenters. The number of nitrogens with one attached hydrogen (secondary N) is 1. The number of methoxy groups -OCH3 is 1. The van der Waals surface area contributed by atoms with Gasteiger partial charge in [-0.15, -0.1) is 5.10 Å². The van der Waals surface area contributed by atoms with Gasteiger partial charge in [-0.2, -0.15) is 5.10 Å². The van der Waals surface area contributed by atoms with Crippen LogP contribution in [0.4, 0.5) is 0 Å². The van der Waals surface area contributed by atoms with Gasteiger partial charge in [0.1, 0.15) is 18.0 Å². The Hall–Kier alpha value is -2.21. The molecule has 1 heterocycles. The van der Waals surface area contributed by atoms with Gasteiger partial charge < -0.3 is 14.8 Å². The van der Waals surface area contributed by atoms with E-state index >= 15 is 0 Å². The summed E-state index contributed by atoms with van der Waals surface area (Å²) in [5.41, 5.74) is 1.95. The minimum atomic E-state index is -0.196. The van der Waals surface area contributed by atoms with Crippen molar-refractivity contribution in [3.8, 4) is 5.75 Å². The zero-order valence-electron chi connectivity index (χ0n) is 14.6. The molecule has 6 nitrogen and oxygen atoms in total. The van der Waals surface area contributed by atoms with Gasteiger partial charge in [-0.05, 0) is 31.5 Å². The van der Waals surface area contributed by atoms with Crippen LogP contribution in [0.3, 0.4) is 0 Å². The third-order valence-electron chi connectivity index (χ3n) is 3.74. The van der Waals surface area contributed by atoms with E-state index in [4.69, 9.17) is 9.47 Å². The highest BCUT2D eigenvalue weighted by molar-refractivity contribution is 5.99. The predicted molar refractivity (Wildman–Crippen MR) is 95.4 cm³/mol. The fraction of sp³-hybridized carbons (Fsp3) is 0.500. The molecule has 1 aromatic carbocycles. The molecule has 0 aliphatic rings. The van der Waals surface area contributed by atoms with Gasteiger partial charge in [0.05, 0.1) is 12.8 Å². The van der Waals surface area contributed by atoms with E-state index in [9.17, 15) is 4.79 Å². The summed E-state index contributed by atoms with van der Waals surface area (Å²) < 4.78 is 10.8. The van der Waals surface area contributed by atoms with Gasteiger partial charge in [0.15, 0.2) is 0 Å². The first-order valence-electron chi connectivity index (χ1n) is 8.33. The van der Waals surface area contributed by atoms with Crippen LogP contribution in [0.5, 0.6) is 5.75 Å². The average Bonchev–Trinajstić information content (AvgIpc) is 2.59. The molecule has 0 unspecified atom stereocenters. The summed E-state index contributed by atoms with van der Waals surface area (Å²) in [7, 11) is 1.55. The maximum atomic E-state index is 12.3. The largest absolute Gasteiger partial charge is 0.494 e. The number of hydrogen-bond acceptors (Lipinski definition) is 5. The first kappa shape index (κ1) is 18.1. The normalized spacial score (nSPS) is 10.8. The Morgan fingerprint density at radius 3 is 2.79 bits per heavy atom. The number of aryl methyl sites for hydroxylation is 1. The topological polar surface area (TPSA) is 73.3 Å². The molecule has 1 amide bonds. The van der Waals surface area contributed by atoms with Crippen molar-refractivity contribution in [1.29, 1.82) is 0 Å². The van der Waals surface area contributed by atoms with E-state index in [1.807, 2.05) is 13.0 Å². The first-order valence-corrected chi connectivity index (χ1v) is 8.33. The van der Waals surface area contributed by atoms with Crippen LogP contribution in [-0.4, -0.2) is 36.6 Å². The Kier molecular flexibility index (Phi) is 6.93. The van der Waals surface area contributed by atoms with Crippen LogP contribution in [-0.2, 0) is 4.74 Å². The number of nitrogens with zero attached hydrogens (tertiary/aromatic N) is 2. The Morgan fingerprint density at radius 1 is 1.21 bits per heavy atom. The van der Waals surface area contributed by atoms with Crippen LogP contribution in [0, 0.1) is 6.92 Å². The highest BCUT2D eigenvalue weighted by atomic mass is 16.5. The number of hydrogen-bond donors (Lipinski definition) is 1. The summed E-state index contributed by atoms with van der Waals surface area (Å²) >= 11 is 0. The molecule has 1 N–H and O–H groups in total. The standard InChI is InChI=1S/C18H25N3O3.H2/c1-4-5-6-7-8-24-12-19-18(22)15-10-14-9-13(2)20-21-17(14)16(11-15)23-3;/h9-11H,4-8,12H2,1-3H3,(H,19,22);1H. The number of aromatic nitrogens is 2. The molecule has 0 saturated carbocycles. The lowest BCUT2D eigenvalue weighted by molar-refractivity contribution is 0.0783. The van der Waals surface area contributed by atoms with Crippen molar-refractivity contribution in [2.24, 2.45) is 0 Å². The molecule has 0 radical (unpaired) electrons. The smallest absolute Gasteiger partial charge is 0.253 e. The second-order valence-electron chi connectivity index (χ2n) is 5.72. The maximum absolute atomic E-state index is 12.3. The third kappa shape index (κ3) is 4.89. The molecular formula is C18H27N3O3. The molecular weight excluding hydrogens is 306 g/mol. The fourth-order valence-corrected chi connectivity index (χ4v) is 2.44. The van der Waals surface area contributed by atoms with Crippen molar-refractivity contribution in [3.05, 3.63) is 29.5 Å². The highest BCUT2D eigenvalue weighted by Crippen LogP contribution is 2.25. The summed E-state index contributed by atoms with van der Waals surface area (Å²) in [6.45, 7) is 4.90. The number of unbranched alkanes of at least 4 members (excludes halogenated alkanes) is 3. The van der Waals surface area contributed by atoms with E-state index < -0.39 is 0 Å². The number of benzene rings is 1. The molecule has 0 saturated heterocycles. The summed E-state index contributed by atoms with van der Waals surface area (Å²) in [6, 6.07) is 5.34. The van der Waals surface area contributed by atoms with Crippen molar-refractivity contribution in [3.63, 3.8) is 0 Å². The van der Waals surface area contributed by atoms with Crippen molar-refractivity contribution in [1.82, 2.24) is 15.5 Å². The molecule has 0 aliphatic heterocycles. The molecule has 2 aromatic rings. The summed E-state index contributed by atoms with van der Waals surface area (Å²) in [5.74, 6) is 0.337. The van der Waals surface area contributed by atoms with Gasteiger partial charge in [-0.3, -0.25) is 4.79 Å². The minimum absolute atomic E-state index is 0. The van der Waals surface area contributed by atoms with E-state index in [1.165, 1.54) is 12.8 Å². The molecule has 0 fully saturated rings. The van der Waals surface area contributed by atoms with Gasteiger partial charge in [-0.25, -0.2) is 0 Å². The Bertz CT molecular complexity index is 695. The molecule has 2 rings (SSSR count). The molecule has 0 aliphatic carbocycles. The zero-order valence-corrected chi connectivity index (χ0v) is 14.6. The second-order valence-corrected chi connectivity index (χ2v) is 5.72. The van der Waals surface area contributed by atoms with Crippen molar-refractivity contribution in [2.45, 2.75) is 39.5 Å². The van der Waals surface area contributed by atoms with E-state index in [0.717, 1.165) is 23.9 Å². The van der Waals surface area contributed by atoms with Crippen LogP contribution >= 0.6 is 0 Å². The lowest BCUT2D eigenvalue weighted by Gasteiger charge is -2.10. The highest BCUT2D eigenvalue weighted by Gasteiger charge is 2.12. The van der Waals surface area contributed by atoms with Gasteiger partial charge in [0.25, 0.3) is 5.91 Å². The van der Waals surface area contributed by atoms with E-state index in [1.54, 1.807) is 19.2 Å². The van der Waals surface area contributed by atoms with Crippen molar-refractivity contribution < 1.29 is 15.7 Å². The lowest BCUT2D eigenvalue weighted by Crippen LogP contribution is -2.26. The SMILES string of the molecule is CCCCCCOCNC(=O)c1cc(OC)c2nnc(C)cc2c1.[HH]. The molecule has 0 spiro atoms. The van der Waals surface area contributed by atoms with Crippen LogP contribution in [0.2, 0.25) is 0 Å². The summed E-state index contributed by atoms with van der Waals surface area (Å²) in [6.07, 6.45) is 4.59. The van der Waals surface area contributed by atoms with Crippen molar-refractivity contribution >= 4 is 16.8 Å². The summed E-state index contributed by atoms with van der Waals surface area (Å²) in [4.78, 5) is 12.3. The van der Waals surface area contributed by atoms with Gasteiger partial charge >= 0.3 is 0 Å². The zero-order chi connectivity index (χ0) is 17.4. The maximum Gasteiger partial charge on any atom is 0.253 e. The molecule has 132 valence electrons. The average molecular weight is 333 g/mol. The first-order chi connectivity index (χ1) is 11.7. The molecule has 6 heteroatoms. The Labute approximate surface area is 144 Å². The van der Waals surface area contributed by atoms with E-state index in [2.05, 4.69) is 22.4 Å². The number of rotatable bonds is 9.